The summed E-state index contributed by atoms with van der Waals surface area (Å²) in [5.41, 5.74) is 1.64. The molecular weight excluding hydrogens is 435 g/mol. The second kappa shape index (κ2) is 10.6. The van der Waals surface area contributed by atoms with Crippen LogP contribution in [0.4, 0.5) is 14.9 Å². The minimum atomic E-state index is -0.277. The Bertz CT molecular complexity index is 952. The topological polar surface area (TPSA) is 57.3 Å². The Morgan fingerprint density at radius 2 is 1.71 bits per heavy atom. The first-order valence-corrected chi connectivity index (χ1v) is 12.3. The van der Waals surface area contributed by atoms with Gasteiger partial charge in [0, 0.05) is 57.9 Å². The number of hydrogen-bond acceptors (Lipinski definition) is 6. The number of fused-ring (bicyclic) bond motifs is 2. The SMILES string of the molecule is O=C(OCc1ccccc1)N1CCN(CCOc2cccc(N3[C@@H]4CC[C@H]3CNC4)c2F)CC1. The molecule has 0 spiro atoms. The Morgan fingerprint density at radius 1 is 0.971 bits per heavy atom. The van der Waals surface area contributed by atoms with Gasteiger partial charge in [-0.05, 0) is 30.5 Å². The second-order valence-corrected chi connectivity index (χ2v) is 9.26. The molecule has 0 saturated carbocycles. The summed E-state index contributed by atoms with van der Waals surface area (Å²) in [4.78, 5) is 18.6. The number of amides is 1. The minimum Gasteiger partial charge on any atom is -0.489 e. The largest absolute Gasteiger partial charge is 0.489 e. The number of piperazine rings is 2. The molecule has 1 amide bonds. The summed E-state index contributed by atoms with van der Waals surface area (Å²) in [6.07, 6.45) is 1.93. The standard InChI is InChI=1S/C26H33FN4O3/c27-25-23(31-21-9-10-22(31)18-28-17-21)7-4-8-24(25)33-16-15-29-11-13-30(14-12-29)26(32)34-19-20-5-2-1-3-6-20/h1-8,21-22,28H,9-19H2/t21-,22+. The second-order valence-electron chi connectivity index (χ2n) is 9.26. The van der Waals surface area contributed by atoms with E-state index >= 15 is 4.39 Å². The predicted molar refractivity (Wildman–Crippen MR) is 129 cm³/mol. The number of carbonyl (C=O) groups is 1. The van der Waals surface area contributed by atoms with Gasteiger partial charge in [-0.15, -0.1) is 0 Å². The number of nitrogens with one attached hydrogen (secondary N) is 1. The molecular formula is C26H33FN4O3. The molecule has 0 radical (unpaired) electrons. The monoisotopic (exact) mass is 468 g/mol. The molecule has 3 heterocycles. The summed E-state index contributed by atoms with van der Waals surface area (Å²) in [5, 5.41) is 3.44. The van der Waals surface area contributed by atoms with E-state index in [4.69, 9.17) is 9.47 Å². The number of anilines is 1. The van der Waals surface area contributed by atoms with Gasteiger partial charge < -0.3 is 24.6 Å². The summed E-state index contributed by atoms with van der Waals surface area (Å²) in [7, 11) is 0. The Kier molecular flexibility index (Phi) is 7.16. The lowest BCUT2D eigenvalue weighted by Gasteiger charge is -2.37. The van der Waals surface area contributed by atoms with Crippen molar-refractivity contribution in [2.75, 3.05) is 57.3 Å². The van der Waals surface area contributed by atoms with Gasteiger partial charge >= 0.3 is 6.09 Å². The van der Waals surface area contributed by atoms with Crippen LogP contribution < -0.4 is 15.0 Å². The molecule has 3 aliphatic heterocycles. The van der Waals surface area contributed by atoms with Crippen LogP contribution in [0.5, 0.6) is 5.75 Å². The Balaban J connectivity index is 1.06. The van der Waals surface area contributed by atoms with E-state index in [1.165, 1.54) is 0 Å². The lowest BCUT2D eigenvalue weighted by Crippen LogP contribution is -2.52. The molecule has 0 unspecified atom stereocenters. The van der Waals surface area contributed by atoms with Crippen LogP contribution in [-0.2, 0) is 11.3 Å². The molecule has 2 aromatic rings. The Labute approximate surface area is 200 Å². The van der Waals surface area contributed by atoms with Crippen molar-refractivity contribution in [3.63, 3.8) is 0 Å². The summed E-state index contributed by atoms with van der Waals surface area (Å²) in [6.45, 7) is 5.93. The van der Waals surface area contributed by atoms with Crippen molar-refractivity contribution in [1.29, 1.82) is 0 Å². The van der Waals surface area contributed by atoms with Crippen molar-refractivity contribution in [3.8, 4) is 5.75 Å². The Hall–Kier alpha value is -2.84. The highest BCUT2D eigenvalue weighted by Gasteiger charge is 2.38. The summed E-state index contributed by atoms with van der Waals surface area (Å²) < 4.78 is 26.6. The van der Waals surface area contributed by atoms with Crippen LogP contribution in [0.1, 0.15) is 18.4 Å². The van der Waals surface area contributed by atoms with Crippen molar-refractivity contribution >= 4 is 11.8 Å². The van der Waals surface area contributed by atoms with Crippen LogP contribution in [-0.4, -0.2) is 80.4 Å². The van der Waals surface area contributed by atoms with Crippen LogP contribution in [0, 0.1) is 5.82 Å². The van der Waals surface area contributed by atoms with Gasteiger partial charge in [0.1, 0.15) is 13.2 Å². The molecule has 0 aliphatic carbocycles. The highest BCUT2D eigenvalue weighted by atomic mass is 19.1. The third-order valence-corrected chi connectivity index (χ3v) is 7.10. The van der Waals surface area contributed by atoms with E-state index in [0.717, 1.165) is 44.6 Å². The van der Waals surface area contributed by atoms with Gasteiger partial charge in [0.05, 0.1) is 5.69 Å². The molecule has 2 aromatic carbocycles. The molecule has 3 fully saturated rings. The van der Waals surface area contributed by atoms with E-state index in [0.29, 0.717) is 49.8 Å². The molecule has 0 aromatic heterocycles. The van der Waals surface area contributed by atoms with Gasteiger partial charge in [0.2, 0.25) is 0 Å². The normalized spacial score (nSPS) is 22.6. The van der Waals surface area contributed by atoms with Gasteiger partial charge in [-0.3, -0.25) is 4.90 Å². The van der Waals surface area contributed by atoms with Gasteiger partial charge in [-0.2, -0.15) is 0 Å². The van der Waals surface area contributed by atoms with E-state index in [1.54, 1.807) is 11.0 Å². The third kappa shape index (κ3) is 5.13. The van der Waals surface area contributed by atoms with Crippen molar-refractivity contribution in [1.82, 2.24) is 15.1 Å². The van der Waals surface area contributed by atoms with E-state index in [9.17, 15) is 4.79 Å². The van der Waals surface area contributed by atoms with E-state index in [2.05, 4.69) is 15.1 Å². The molecule has 2 atom stereocenters. The zero-order chi connectivity index (χ0) is 23.3. The quantitative estimate of drug-likeness (QED) is 0.674. The fraction of sp³-hybridized carbons (Fsp3) is 0.500. The maximum atomic E-state index is 15.3. The smallest absolute Gasteiger partial charge is 0.410 e. The fourth-order valence-electron chi connectivity index (χ4n) is 5.23. The molecule has 34 heavy (non-hydrogen) atoms. The number of hydrogen-bond donors (Lipinski definition) is 1. The average Bonchev–Trinajstić information content (AvgIpc) is 3.11. The number of nitrogens with zero attached hydrogens (tertiary/aromatic N) is 3. The number of halogens is 1. The van der Waals surface area contributed by atoms with E-state index in [1.807, 2.05) is 42.5 Å². The first kappa shape index (κ1) is 22.9. The van der Waals surface area contributed by atoms with Crippen LogP contribution in [0.15, 0.2) is 48.5 Å². The minimum absolute atomic E-state index is 0.257. The number of ether oxygens (including phenoxy) is 2. The molecule has 3 saturated heterocycles. The molecule has 8 heteroatoms. The molecule has 1 N–H and O–H groups in total. The lowest BCUT2D eigenvalue weighted by molar-refractivity contribution is 0.0682. The molecule has 7 nitrogen and oxygen atoms in total. The number of carbonyl (C=O) groups excluding carboxylic acids is 1. The molecule has 3 aliphatic rings. The maximum Gasteiger partial charge on any atom is 0.410 e. The van der Waals surface area contributed by atoms with Crippen LogP contribution in [0.25, 0.3) is 0 Å². The summed E-state index contributed by atoms with van der Waals surface area (Å²) >= 11 is 0. The molecule has 5 rings (SSSR count). The van der Waals surface area contributed by atoms with Crippen LogP contribution in [0.2, 0.25) is 0 Å². The fourth-order valence-corrected chi connectivity index (χ4v) is 5.23. The van der Waals surface area contributed by atoms with Gasteiger partial charge in [0.25, 0.3) is 0 Å². The zero-order valence-corrected chi connectivity index (χ0v) is 19.5. The maximum absolute atomic E-state index is 15.3. The van der Waals surface area contributed by atoms with Crippen molar-refractivity contribution in [3.05, 3.63) is 59.9 Å². The number of rotatable bonds is 7. The lowest BCUT2D eigenvalue weighted by atomic mass is 10.1. The van der Waals surface area contributed by atoms with Gasteiger partial charge in [0.15, 0.2) is 11.6 Å². The zero-order valence-electron chi connectivity index (χ0n) is 19.5. The Morgan fingerprint density at radius 3 is 2.44 bits per heavy atom. The number of benzene rings is 2. The highest BCUT2D eigenvalue weighted by molar-refractivity contribution is 5.67. The van der Waals surface area contributed by atoms with Crippen LogP contribution in [0.3, 0.4) is 0 Å². The first-order chi connectivity index (χ1) is 16.7. The van der Waals surface area contributed by atoms with Crippen LogP contribution >= 0.6 is 0 Å². The van der Waals surface area contributed by atoms with E-state index in [-0.39, 0.29) is 18.5 Å². The van der Waals surface area contributed by atoms with Crippen molar-refractivity contribution in [2.24, 2.45) is 0 Å². The summed E-state index contributed by atoms with van der Waals surface area (Å²) in [5.74, 6) is 0.0610. The third-order valence-electron chi connectivity index (χ3n) is 7.10. The predicted octanol–water partition coefficient (Wildman–Crippen LogP) is 3.10. The summed E-state index contributed by atoms with van der Waals surface area (Å²) in [6, 6.07) is 15.9. The van der Waals surface area contributed by atoms with Crippen molar-refractivity contribution in [2.45, 2.75) is 31.5 Å². The average molecular weight is 469 g/mol. The van der Waals surface area contributed by atoms with E-state index < -0.39 is 0 Å². The molecule has 182 valence electrons. The van der Waals surface area contributed by atoms with Crippen molar-refractivity contribution < 1.29 is 18.7 Å². The first-order valence-electron chi connectivity index (χ1n) is 12.3. The highest BCUT2D eigenvalue weighted by Crippen LogP contribution is 2.36. The van der Waals surface area contributed by atoms with Gasteiger partial charge in [-0.25, -0.2) is 9.18 Å². The molecule has 2 bridgehead atoms. The van der Waals surface area contributed by atoms with Gasteiger partial charge in [-0.1, -0.05) is 36.4 Å².